The Morgan fingerprint density at radius 2 is 0.495 bits per heavy atom. The molecular formula is C78H152O17P2. The SMILES string of the molecule is CCCCCCCCCCCCCCCCCCCCCC(=O)OC[C@H](COP(=O)(O)OC[C@@H](O)COP(=O)(O)OC[C@@H](COC(=O)CCCCCCC)OC(=O)CCCCCCCCCCCCC(C)CC)OC(=O)CCCCCCCCCCCCCCCCCCCCC. The van der Waals surface area contributed by atoms with Gasteiger partial charge >= 0.3 is 39.5 Å². The van der Waals surface area contributed by atoms with Crippen LogP contribution >= 0.6 is 15.6 Å². The molecular weight excluding hydrogens is 1270 g/mol. The number of aliphatic hydroxyl groups is 1. The predicted octanol–water partition coefficient (Wildman–Crippen LogP) is 23.3. The predicted molar refractivity (Wildman–Crippen MR) is 395 cm³/mol. The van der Waals surface area contributed by atoms with Crippen molar-refractivity contribution in [2.75, 3.05) is 39.6 Å². The van der Waals surface area contributed by atoms with Gasteiger partial charge in [-0.05, 0) is 31.6 Å². The molecule has 576 valence electrons. The number of rotatable bonds is 78. The average molecular weight is 1420 g/mol. The molecule has 19 heteroatoms. The first-order chi connectivity index (χ1) is 47.1. The second-order valence-corrected chi connectivity index (χ2v) is 31.3. The lowest BCUT2D eigenvalue weighted by Gasteiger charge is -2.21. The van der Waals surface area contributed by atoms with Crippen LogP contribution in [0.15, 0.2) is 0 Å². The molecule has 0 aromatic rings. The van der Waals surface area contributed by atoms with Crippen molar-refractivity contribution in [3.63, 3.8) is 0 Å². The molecule has 0 radical (unpaired) electrons. The maximum atomic E-state index is 13.1. The third-order valence-corrected chi connectivity index (χ3v) is 20.5. The molecule has 0 aliphatic carbocycles. The molecule has 6 atom stereocenters. The van der Waals surface area contributed by atoms with Gasteiger partial charge in [0.25, 0.3) is 0 Å². The maximum Gasteiger partial charge on any atom is 0.472 e. The number of esters is 4. The van der Waals surface area contributed by atoms with Crippen molar-refractivity contribution in [3.8, 4) is 0 Å². The van der Waals surface area contributed by atoms with Crippen LogP contribution < -0.4 is 0 Å². The highest BCUT2D eigenvalue weighted by Gasteiger charge is 2.30. The Kier molecular flexibility index (Phi) is 69.6. The number of aliphatic hydroxyl groups excluding tert-OH is 1. The number of unbranched alkanes of at least 4 members (excludes halogenated alkanes) is 49. The molecule has 0 spiro atoms. The topological polar surface area (TPSA) is 237 Å². The van der Waals surface area contributed by atoms with Gasteiger partial charge in [0.15, 0.2) is 12.2 Å². The van der Waals surface area contributed by atoms with Gasteiger partial charge in [-0.15, -0.1) is 0 Å². The molecule has 3 unspecified atom stereocenters. The minimum absolute atomic E-state index is 0.106. The highest BCUT2D eigenvalue weighted by atomic mass is 31.2. The average Bonchev–Trinajstić information content (AvgIpc) is 1.44. The van der Waals surface area contributed by atoms with Gasteiger partial charge in [-0.25, -0.2) is 9.13 Å². The number of hydrogen-bond donors (Lipinski definition) is 3. The van der Waals surface area contributed by atoms with Crippen LogP contribution in [-0.4, -0.2) is 96.7 Å². The number of ether oxygens (including phenoxy) is 4. The van der Waals surface area contributed by atoms with Gasteiger partial charge < -0.3 is 33.8 Å². The Bertz CT molecular complexity index is 1860. The maximum absolute atomic E-state index is 13.1. The molecule has 17 nitrogen and oxygen atoms in total. The summed E-state index contributed by atoms with van der Waals surface area (Å²) in [6, 6.07) is 0. The van der Waals surface area contributed by atoms with E-state index in [1.165, 1.54) is 231 Å². The molecule has 0 rings (SSSR count). The van der Waals surface area contributed by atoms with Crippen molar-refractivity contribution < 1.29 is 80.2 Å². The van der Waals surface area contributed by atoms with E-state index in [1.807, 2.05) is 0 Å². The monoisotopic (exact) mass is 1420 g/mol. The van der Waals surface area contributed by atoms with E-state index in [2.05, 4.69) is 34.6 Å². The Morgan fingerprint density at radius 3 is 0.732 bits per heavy atom. The van der Waals surface area contributed by atoms with Crippen molar-refractivity contribution in [3.05, 3.63) is 0 Å². The zero-order chi connectivity index (χ0) is 71.2. The summed E-state index contributed by atoms with van der Waals surface area (Å²) in [5.74, 6) is -1.32. The molecule has 0 saturated heterocycles. The van der Waals surface area contributed by atoms with Gasteiger partial charge in [0.1, 0.15) is 19.3 Å². The molecule has 0 aromatic heterocycles. The normalized spacial score (nSPS) is 14.2. The van der Waals surface area contributed by atoms with E-state index in [9.17, 15) is 43.2 Å². The van der Waals surface area contributed by atoms with Crippen molar-refractivity contribution >= 4 is 39.5 Å². The molecule has 0 fully saturated rings. The first-order valence-electron chi connectivity index (χ1n) is 40.7. The number of phosphoric acid groups is 2. The van der Waals surface area contributed by atoms with Gasteiger partial charge in [-0.1, -0.05) is 362 Å². The minimum Gasteiger partial charge on any atom is -0.462 e. The molecule has 97 heavy (non-hydrogen) atoms. The molecule has 0 aliphatic rings. The Hall–Kier alpha value is -1.94. The molecule has 3 N–H and O–H groups in total. The molecule has 0 saturated carbocycles. The Labute approximate surface area is 594 Å². The van der Waals surface area contributed by atoms with Crippen molar-refractivity contribution in [1.29, 1.82) is 0 Å². The van der Waals surface area contributed by atoms with Crippen molar-refractivity contribution in [2.45, 2.75) is 432 Å². The molecule has 0 bridgehead atoms. The van der Waals surface area contributed by atoms with Crippen molar-refractivity contribution in [1.82, 2.24) is 0 Å². The zero-order valence-electron chi connectivity index (χ0n) is 63.2. The van der Waals surface area contributed by atoms with Crippen LogP contribution in [0, 0.1) is 5.92 Å². The van der Waals surface area contributed by atoms with Crippen LogP contribution in [0.5, 0.6) is 0 Å². The summed E-state index contributed by atoms with van der Waals surface area (Å²) < 4.78 is 68.4. The number of carbonyl (C=O) groups is 4. The van der Waals surface area contributed by atoms with Crippen molar-refractivity contribution in [2.24, 2.45) is 5.92 Å². The first-order valence-corrected chi connectivity index (χ1v) is 43.7. The van der Waals surface area contributed by atoms with Gasteiger partial charge in [0.05, 0.1) is 26.4 Å². The second-order valence-electron chi connectivity index (χ2n) is 28.3. The number of phosphoric ester groups is 2. The summed E-state index contributed by atoms with van der Waals surface area (Å²) in [5, 5.41) is 10.6. The van der Waals surface area contributed by atoms with Gasteiger partial charge in [-0.2, -0.15) is 0 Å². The van der Waals surface area contributed by atoms with Gasteiger partial charge in [-0.3, -0.25) is 37.3 Å². The van der Waals surface area contributed by atoms with E-state index in [0.29, 0.717) is 25.7 Å². The quantitative estimate of drug-likeness (QED) is 0.0222. The Balaban J connectivity index is 5.13. The third-order valence-electron chi connectivity index (χ3n) is 18.6. The molecule has 0 aliphatic heterocycles. The summed E-state index contributed by atoms with van der Waals surface area (Å²) in [7, 11) is -9.90. The number of hydrogen-bond acceptors (Lipinski definition) is 15. The second kappa shape index (κ2) is 71.1. The zero-order valence-corrected chi connectivity index (χ0v) is 65.0. The minimum atomic E-state index is -4.96. The summed E-state index contributed by atoms with van der Waals surface area (Å²) in [4.78, 5) is 72.6. The highest BCUT2D eigenvalue weighted by Crippen LogP contribution is 2.45. The fourth-order valence-corrected chi connectivity index (χ4v) is 13.6. The van der Waals surface area contributed by atoms with Crippen LogP contribution in [0.25, 0.3) is 0 Å². The van der Waals surface area contributed by atoms with Gasteiger partial charge in [0, 0.05) is 25.7 Å². The van der Waals surface area contributed by atoms with E-state index < -0.39 is 97.5 Å². The standard InChI is InChI=1S/C78H152O17P2/c1-6-10-13-16-18-20-22-24-26-28-30-32-34-36-38-43-47-52-57-62-76(81)89-68-74(95-78(83)63-58-53-48-44-39-37-35-33-31-29-27-25-23-21-19-17-14-11-7-2)70-93-97(86,87)91-66-72(79)65-90-96(84,85)92-69-73(67-88-75(80)61-56-50-15-12-8-3)94-77(82)64-59-54-49-45-41-40-42-46-51-55-60-71(5)9-4/h71-74,79H,6-70H2,1-5H3,(H,84,85)(H,86,87)/t71?,72-,73+,74+/m0/s1. The van der Waals surface area contributed by atoms with E-state index in [4.69, 9.17) is 37.0 Å². The van der Waals surface area contributed by atoms with E-state index in [-0.39, 0.29) is 25.7 Å². The highest BCUT2D eigenvalue weighted by molar-refractivity contribution is 7.47. The fourth-order valence-electron chi connectivity index (χ4n) is 12.0. The Morgan fingerprint density at radius 1 is 0.289 bits per heavy atom. The van der Waals surface area contributed by atoms with Crippen LogP contribution in [0.4, 0.5) is 0 Å². The van der Waals surface area contributed by atoms with Crippen LogP contribution in [0.2, 0.25) is 0 Å². The van der Waals surface area contributed by atoms with E-state index in [1.54, 1.807) is 0 Å². The van der Waals surface area contributed by atoms with Gasteiger partial charge in [0.2, 0.25) is 0 Å². The third kappa shape index (κ3) is 70.9. The largest absolute Gasteiger partial charge is 0.472 e. The van der Waals surface area contributed by atoms with E-state index >= 15 is 0 Å². The molecule has 0 aromatic carbocycles. The lowest BCUT2D eigenvalue weighted by atomic mass is 9.99. The first kappa shape index (κ1) is 95.1. The molecule has 0 amide bonds. The lowest BCUT2D eigenvalue weighted by Crippen LogP contribution is -2.30. The van der Waals surface area contributed by atoms with Crippen LogP contribution in [0.1, 0.15) is 413 Å². The summed E-state index contributed by atoms with van der Waals surface area (Å²) in [5.41, 5.74) is 0. The fraction of sp³-hybridized carbons (Fsp3) is 0.949. The van der Waals surface area contributed by atoms with Crippen LogP contribution in [-0.2, 0) is 65.4 Å². The summed E-state index contributed by atoms with van der Waals surface area (Å²) >= 11 is 0. The molecule has 0 heterocycles. The lowest BCUT2D eigenvalue weighted by molar-refractivity contribution is -0.161. The summed E-state index contributed by atoms with van der Waals surface area (Å²) in [6.45, 7) is 7.24. The number of carbonyl (C=O) groups excluding carboxylic acids is 4. The smallest absolute Gasteiger partial charge is 0.462 e. The summed E-state index contributed by atoms with van der Waals surface area (Å²) in [6.07, 6.45) is 61.5. The van der Waals surface area contributed by atoms with Crippen LogP contribution in [0.3, 0.4) is 0 Å². The van der Waals surface area contributed by atoms with E-state index in [0.717, 1.165) is 102 Å².